The van der Waals surface area contributed by atoms with Crippen molar-refractivity contribution in [3.63, 3.8) is 0 Å². The Bertz CT molecular complexity index is 1680. The van der Waals surface area contributed by atoms with E-state index in [4.69, 9.17) is 9.84 Å². The molecule has 0 radical (unpaired) electrons. The summed E-state index contributed by atoms with van der Waals surface area (Å²) < 4.78 is 9.04. The quantitative estimate of drug-likeness (QED) is 0.265. The minimum absolute atomic E-state index is 0.0215. The van der Waals surface area contributed by atoms with Crippen LogP contribution in [-0.2, 0) is 23.0 Å². The number of hydrogen-bond donors (Lipinski definition) is 1. The van der Waals surface area contributed by atoms with Crippen molar-refractivity contribution >= 4 is 5.91 Å². The molecule has 43 heavy (non-hydrogen) atoms. The fraction of sp³-hybridized carbons (Fsp3) is 0.294. The largest absolute Gasteiger partial charge is 0.383 e. The van der Waals surface area contributed by atoms with Crippen LogP contribution in [0.3, 0.4) is 0 Å². The third kappa shape index (κ3) is 6.28. The van der Waals surface area contributed by atoms with Crippen LogP contribution in [0, 0.1) is 6.92 Å². The minimum atomic E-state index is -0.0387. The normalized spacial score (nSPS) is 16.9. The van der Waals surface area contributed by atoms with E-state index in [0.29, 0.717) is 6.61 Å². The van der Waals surface area contributed by atoms with E-state index in [1.807, 2.05) is 85.9 Å². The van der Waals surface area contributed by atoms with Gasteiger partial charge >= 0.3 is 0 Å². The third-order valence-corrected chi connectivity index (χ3v) is 8.23. The van der Waals surface area contributed by atoms with Gasteiger partial charge in [-0.2, -0.15) is 10.2 Å². The summed E-state index contributed by atoms with van der Waals surface area (Å²) >= 11 is 0. The van der Waals surface area contributed by atoms with E-state index in [1.165, 1.54) is 5.56 Å². The number of likely N-dealkylation sites (tertiary alicyclic amines) is 1. The van der Waals surface area contributed by atoms with E-state index >= 15 is 0 Å². The minimum Gasteiger partial charge on any atom is -0.383 e. The lowest BCUT2D eigenvalue weighted by atomic mass is 9.91. The van der Waals surface area contributed by atoms with Crippen molar-refractivity contribution in [1.29, 1.82) is 0 Å². The molecular weight excluding hydrogens is 538 g/mol. The summed E-state index contributed by atoms with van der Waals surface area (Å²) in [6, 6.07) is 22.6. The second-order valence-corrected chi connectivity index (χ2v) is 11.1. The van der Waals surface area contributed by atoms with Crippen LogP contribution in [0.1, 0.15) is 22.7 Å². The Hall–Kier alpha value is -4.60. The topological polar surface area (TPSA) is 90.1 Å². The Kier molecular flexibility index (Phi) is 8.44. The number of para-hydroxylation sites is 1. The molecule has 1 fully saturated rings. The van der Waals surface area contributed by atoms with E-state index in [-0.39, 0.29) is 24.3 Å². The first kappa shape index (κ1) is 28.5. The highest BCUT2D eigenvalue weighted by atomic mass is 16.5. The van der Waals surface area contributed by atoms with Crippen molar-refractivity contribution in [2.24, 2.45) is 7.05 Å². The Morgan fingerprint density at radius 1 is 1.00 bits per heavy atom. The van der Waals surface area contributed by atoms with Crippen LogP contribution in [0.15, 0.2) is 91.5 Å². The highest BCUT2D eigenvalue weighted by molar-refractivity contribution is 5.80. The van der Waals surface area contributed by atoms with Crippen LogP contribution < -0.4 is 5.32 Å². The second-order valence-electron chi connectivity index (χ2n) is 11.1. The number of nitrogens with zero attached hydrogens (tertiary/aromatic N) is 6. The zero-order valence-electron chi connectivity index (χ0n) is 24.9. The zero-order valence-corrected chi connectivity index (χ0v) is 24.9. The number of carbonyl (C=O) groups is 1. The molecule has 5 aromatic rings. The summed E-state index contributed by atoms with van der Waals surface area (Å²) in [5.74, 6) is 0.125. The summed E-state index contributed by atoms with van der Waals surface area (Å²) in [5, 5.41) is 12.7. The number of aryl methyl sites for hydroxylation is 1. The van der Waals surface area contributed by atoms with Crippen LogP contribution in [0.25, 0.3) is 28.1 Å². The van der Waals surface area contributed by atoms with Crippen LogP contribution in [-0.4, -0.2) is 74.7 Å². The van der Waals surface area contributed by atoms with Crippen molar-refractivity contribution in [3.8, 4) is 28.1 Å². The van der Waals surface area contributed by atoms with Gasteiger partial charge in [-0.25, -0.2) is 4.68 Å². The molecule has 0 unspecified atom stereocenters. The molecule has 220 valence electrons. The Morgan fingerprint density at radius 3 is 2.56 bits per heavy atom. The summed E-state index contributed by atoms with van der Waals surface area (Å²) in [4.78, 5) is 20.4. The fourth-order valence-corrected chi connectivity index (χ4v) is 6.01. The highest BCUT2D eigenvalue weighted by Gasteiger charge is 2.35. The molecule has 1 amide bonds. The highest BCUT2D eigenvalue weighted by Crippen LogP contribution is 2.32. The predicted molar refractivity (Wildman–Crippen MR) is 167 cm³/mol. The standard InChI is InChI=1S/C34H37N7O2/c1-24-32(41(29-10-5-4-6-11-29)38-34(24)28-20-36-39(2)21-28)19-33(42)37-31-23-40(16-17-43-3)22-30(31)27-9-7-8-26(18-27)25-12-14-35-15-13-25/h4-15,18,20-21,30-31H,16-17,19,22-23H2,1-3H3,(H,37,42)/t30-,31+/m0/s1. The molecule has 0 aliphatic carbocycles. The van der Waals surface area contributed by atoms with Crippen LogP contribution >= 0.6 is 0 Å². The van der Waals surface area contributed by atoms with Gasteiger partial charge in [-0.3, -0.25) is 19.4 Å². The molecule has 4 heterocycles. The lowest BCUT2D eigenvalue weighted by Gasteiger charge is -2.21. The number of methoxy groups -OCH3 is 1. The molecule has 0 spiro atoms. The molecule has 9 nitrogen and oxygen atoms in total. The SMILES string of the molecule is COCCN1C[C@@H](NC(=O)Cc2c(C)c(-c3cnn(C)c3)nn2-c2ccccc2)[C@H](c2cccc(-c3ccncc3)c2)C1. The number of ether oxygens (including phenoxy) is 1. The Morgan fingerprint density at radius 2 is 1.81 bits per heavy atom. The van der Waals surface area contributed by atoms with Crippen molar-refractivity contribution in [2.75, 3.05) is 33.4 Å². The van der Waals surface area contributed by atoms with Crippen LogP contribution in [0.5, 0.6) is 0 Å². The van der Waals surface area contributed by atoms with Crippen molar-refractivity contribution < 1.29 is 9.53 Å². The number of aromatic nitrogens is 5. The molecule has 1 aliphatic rings. The third-order valence-electron chi connectivity index (χ3n) is 8.23. The van der Waals surface area contributed by atoms with Gasteiger partial charge in [-0.05, 0) is 53.4 Å². The van der Waals surface area contributed by atoms with Gasteiger partial charge in [-0.1, -0.05) is 42.5 Å². The van der Waals surface area contributed by atoms with Gasteiger partial charge in [0.15, 0.2) is 0 Å². The molecule has 0 saturated carbocycles. The Balaban J connectivity index is 1.27. The maximum absolute atomic E-state index is 13.8. The summed E-state index contributed by atoms with van der Waals surface area (Å²) in [6.45, 7) is 5.11. The van der Waals surface area contributed by atoms with Crippen molar-refractivity contribution in [3.05, 3.63) is 108 Å². The average molecular weight is 576 g/mol. The lowest BCUT2D eigenvalue weighted by Crippen LogP contribution is -2.41. The molecule has 0 bridgehead atoms. The van der Waals surface area contributed by atoms with Crippen molar-refractivity contribution in [1.82, 2.24) is 34.8 Å². The van der Waals surface area contributed by atoms with Gasteiger partial charge in [-0.15, -0.1) is 0 Å². The summed E-state index contributed by atoms with van der Waals surface area (Å²) in [7, 11) is 3.62. The maximum Gasteiger partial charge on any atom is 0.226 e. The molecule has 6 rings (SSSR count). The molecule has 1 aliphatic heterocycles. The van der Waals surface area contributed by atoms with Gasteiger partial charge < -0.3 is 10.1 Å². The predicted octanol–water partition coefficient (Wildman–Crippen LogP) is 4.42. The molecule has 3 aromatic heterocycles. The van der Waals surface area contributed by atoms with E-state index in [9.17, 15) is 4.79 Å². The number of pyridine rings is 1. The monoisotopic (exact) mass is 575 g/mol. The number of rotatable bonds is 10. The molecule has 1 saturated heterocycles. The van der Waals surface area contributed by atoms with Gasteiger partial charge in [0.2, 0.25) is 5.91 Å². The molecule has 9 heteroatoms. The Labute approximate surface area is 252 Å². The number of benzene rings is 2. The first-order valence-electron chi connectivity index (χ1n) is 14.6. The average Bonchev–Trinajstić information content (AvgIpc) is 3.74. The smallest absolute Gasteiger partial charge is 0.226 e. The van der Waals surface area contributed by atoms with E-state index in [0.717, 1.165) is 59.0 Å². The lowest BCUT2D eigenvalue weighted by molar-refractivity contribution is -0.121. The summed E-state index contributed by atoms with van der Waals surface area (Å²) in [6.07, 6.45) is 7.61. The van der Waals surface area contributed by atoms with E-state index in [1.54, 1.807) is 11.8 Å². The fourth-order valence-electron chi connectivity index (χ4n) is 6.01. The zero-order chi connectivity index (χ0) is 29.8. The van der Waals surface area contributed by atoms with E-state index in [2.05, 4.69) is 44.6 Å². The summed E-state index contributed by atoms with van der Waals surface area (Å²) in [5.41, 5.74) is 8.00. The van der Waals surface area contributed by atoms with Gasteiger partial charge in [0.25, 0.3) is 0 Å². The number of amides is 1. The van der Waals surface area contributed by atoms with Gasteiger partial charge in [0.05, 0.1) is 36.3 Å². The van der Waals surface area contributed by atoms with Gasteiger partial charge in [0, 0.05) is 69.9 Å². The molecule has 1 N–H and O–H groups in total. The van der Waals surface area contributed by atoms with Gasteiger partial charge in [0.1, 0.15) is 0 Å². The number of carbonyl (C=O) groups excluding carboxylic acids is 1. The number of nitrogens with one attached hydrogen (secondary N) is 1. The van der Waals surface area contributed by atoms with Crippen molar-refractivity contribution in [2.45, 2.75) is 25.3 Å². The first-order chi connectivity index (χ1) is 21.0. The van der Waals surface area contributed by atoms with Crippen LogP contribution in [0.2, 0.25) is 0 Å². The maximum atomic E-state index is 13.8. The molecule has 2 aromatic carbocycles. The number of hydrogen-bond acceptors (Lipinski definition) is 6. The second kappa shape index (κ2) is 12.7. The van der Waals surface area contributed by atoms with E-state index < -0.39 is 0 Å². The molecular formula is C34H37N7O2. The molecule has 2 atom stereocenters. The first-order valence-corrected chi connectivity index (χ1v) is 14.6. The van der Waals surface area contributed by atoms with Crippen LogP contribution in [0.4, 0.5) is 0 Å².